The van der Waals surface area contributed by atoms with E-state index in [1.807, 2.05) is 238 Å². The molecule has 12 unspecified atom stereocenters. The van der Waals surface area contributed by atoms with E-state index in [2.05, 4.69) is 0 Å². The Hall–Kier alpha value is -8.64. The summed E-state index contributed by atoms with van der Waals surface area (Å²) in [7, 11) is 3.56. The largest absolute Gasteiger partial charge is 0.756 e. The summed E-state index contributed by atoms with van der Waals surface area (Å²) < 4.78 is 101. The fourth-order valence-electron chi connectivity index (χ4n) is 16.0. The number of hydrogen-bond donors (Lipinski definition) is 0. The zero-order chi connectivity index (χ0) is 106. The van der Waals surface area contributed by atoms with Crippen LogP contribution in [0.15, 0.2) is 164 Å². The molecule has 0 N–H and O–H groups in total. The van der Waals surface area contributed by atoms with Crippen LogP contribution in [0.2, 0.25) is 0 Å². The molecule has 12 atom stereocenters. The molecule has 6 rings (SSSR count). The van der Waals surface area contributed by atoms with Gasteiger partial charge in [0.05, 0.1) is 136 Å². The van der Waals surface area contributed by atoms with Gasteiger partial charge in [0.15, 0.2) is 17.3 Å². The normalized spacial score (nSPS) is 16.3. The topological polar surface area (TPSA) is 385 Å². The van der Waals surface area contributed by atoms with Gasteiger partial charge in [-0.25, -0.2) is 0 Å². The number of phosphoric acid groups is 3. The third-order valence-corrected chi connectivity index (χ3v) is 28.2. The summed E-state index contributed by atoms with van der Waals surface area (Å²) in [4.78, 5) is 156. The number of rotatable bonds is 63. The zero-order valence-corrected chi connectivity index (χ0v) is 90.9. The third-order valence-electron chi connectivity index (χ3n) is 25.2. The first-order valence-corrected chi connectivity index (χ1v) is 53.6. The van der Waals surface area contributed by atoms with Gasteiger partial charge < -0.3 is 83.7 Å². The van der Waals surface area contributed by atoms with Gasteiger partial charge in [-0.1, -0.05) is 245 Å². The number of benzene rings is 6. The summed E-state index contributed by atoms with van der Waals surface area (Å²) in [5.41, 5.74) is 0.0713. The van der Waals surface area contributed by atoms with Gasteiger partial charge >= 0.3 is 35.8 Å². The number of carbonyl (C=O) groups excluding carboxylic acids is 9. The summed E-state index contributed by atoms with van der Waals surface area (Å²) in [6.07, 6.45) is 7.55. The smallest absolute Gasteiger partial charge is 0.311 e. The van der Waals surface area contributed by atoms with Gasteiger partial charge in [0.1, 0.15) is 59.3 Å². The van der Waals surface area contributed by atoms with Crippen LogP contribution in [0.4, 0.5) is 0 Å². The highest BCUT2D eigenvalue weighted by Gasteiger charge is 2.50. The van der Waals surface area contributed by atoms with Crippen molar-refractivity contribution in [2.75, 3.05) is 162 Å². The van der Waals surface area contributed by atoms with Crippen molar-refractivity contribution in [2.24, 2.45) is 32.5 Å². The molecule has 6 aromatic carbocycles. The van der Waals surface area contributed by atoms with Crippen LogP contribution < -0.4 is 14.7 Å². The number of likely N-dealkylation sites (N-methyl/N-ethyl adjacent to an activating group) is 3. The van der Waals surface area contributed by atoms with Crippen LogP contribution in [0.5, 0.6) is 0 Å². The second-order valence-corrected chi connectivity index (χ2v) is 45.7. The number of quaternary nitrogens is 3. The molecular weight excluding hydrogens is 1860 g/mol. The average Bonchev–Trinajstić information content (AvgIpc) is 0.797. The molecule has 0 aliphatic rings. The number of nitrogens with zero attached hydrogens (tertiary/aromatic N) is 3. The number of ketones is 3. The highest BCUT2D eigenvalue weighted by atomic mass is 31.2. The molecule has 0 saturated carbocycles. The molecule has 0 aliphatic carbocycles. The number of phosphoric ester groups is 3. The van der Waals surface area contributed by atoms with Crippen molar-refractivity contribution in [3.8, 4) is 0 Å². The van der Waals surface area contributed by atoms with E-state index in [0.717, 1.165) is 55.2 Å². The molecule has 0 saturated heterocycles. The van der Waals surface area contributed by atoms with E-state index in [4.69, 9.17) is 55.6 Å². The molecule has 786 valence electrons. The van der Waals surface area contributed by atoms with Gasteiger partial charge in [-0.15, -0.1) is 0 Å². The second-order valence-electron chi connectivity index (χ2n) is 41.5. The quantitative estimate of drug-likeness (QED) is 0.00854. The first kappa shape index (κ1) is 125. The van der Waals surface area contributed by atoms with Gasteiger partial charge in [-0.2, -0.15) is 0 Å². The summed E-state index contributed by atoms with van der Waals surface area (Å²) >= 11 is 0. The van der Waals surface area contributed by atoms with Gasteiger partial charge in [0.2, 0.25) is 0 Å². The van der Waals surface area contributed by atoms with E-state index >= 15 is 0 Å². The molecule has 0 aromatic heterocycles. The van der Waals surface area contributed by atoms with Crippen LogP contribution in [-0.2, 0) is 98.0 Å². The summed E-state index contributed by atoms with van der Waals surface area (Å²) in [5, 5.41) is 0. The lowest BCUT2D eigenvalue weighted by molar-refractivity contribution is -0.870. The molecule has 0 aliphatic heterocycles. The second kappa shape index (κ2) is 58.5. The van der Waals surface area contributed by atoms with Crippen LogP contribution in [0, 0.1) is 32.5 Å². The molecule has 0 radical (unpaired) electrons. The van der Waals surface area contributed by atoms with E-state index in [1.54, 1.807) is 93.6 Å². The maximum atomic E-state index is 13.6. The first-order chi connectivity index (χ1) is 65.9. The predicted molar refractivity (Wildman–Crippen MR) is 539 cm³/mol. The van der Waals surface area contributed by atoms with Crippen LogP contribution in [0.3, 0.4) is 0 Å². The lowest BCUT2D eigenvalue weighted by atomic mass is 9.67. The number of unbranched alkanes of at least 4 members (excludes halogenated alkanes) is 3. The minimum atomic E-state index is -4.55. The molecule has 33 heteroatoms. The van der Waals surface area contributed by atoms with E-state index in [0.29, 0.717) is 105 Å². The fourth-order valence-corrected chi connectivity index (χ4v) is 18.1. The van der Waals surface area contributed by atoms with Gasteiger partial charge in [-0.3, -0.25) is 56.8 Å². The van der Waals surface area contributed by atoms with E-state index < -0.39 is 73.9 Å². The van der Waals surface area contributed by atoms with Crippen LogP contribution in [0.1, 0.15) is 282 Å². The van der Waals surface area contributed by atoms with E-state index in [9.17, 15) is 71.5 Å². The zero-order valence-electron chi connectivity index (χ0n) is 88.2. The highest BCUT2D eigenvalue weighted by molar-refractivity contribution is 7.46. The Morgan fingerprint density at radius 2 is 0.454 bits per heavy atom. The van der Waals surface area contributed by atoms with Crippen molar-refractivity contribution >= 4 is 76.6 Å². The van der Waals surface area contributed by atoms with Crippen LogP contribution in [-0.4, -0.2) is 229 Å². The fraction of sp³-hybridized carbons (Fsp3) is 0.583. The Balaban J connectivity index is 0.000000441. The van der Waals surface area contributed by atoms with Crippen molar-refractivity contribution in [3.05, 3.63) is 214 Å². The number of ether oxygens (including phenoxy) is 6. The molecule has 141 heavy (non-hydrogen) atoms. The molecule has 0 spiro atoms. The Bertz CT molecular complexity index is 4520. The van der Waals surface area contributed by atoms with Crippen LogP contribution in [0.25, 0.3) is 0 Å². The van der Waals surface area contributed by atoms with Crippen molar-refractivity contribution in [1.82, 2.24) is 0 Å². The van der Waals surface area contributed by atoms with E-state index in [-0.39, 0.29) is 152 Å². The molecule has 0 fully saturated rings. The van der Waals surface area contributed by atoms with Crippen molar-refractivity contribution in [1.29, 1.82) is 0 Å². The van der Waals surface area contributed by atoms with E-state index in [1.165, 1.54) is 0 Å². The monoisotopic (exact) mass is 2030 g/mol. The maximum absolute atomic E-state index is 13.6. The van der Waals surface area contributed by atoms with Crippen molar-refractivity contribution < 1.29 is 141 Å². The summed E-state index contributed by atoms with van der Waals surface area (Å²) in [6.45, 7) is 28.4. The summed E-state index contributed by atoms with van der Waals surface area (Å²) in [6, 6.07) is 49.4. The number of esters is 6. The van der Waals surface area contributed by atoms with Crippen molar-refractivity contribution in [3.63, 3.8) is 0 Å². The first-order valence-electron chi connectivity index (χ1n) is 49.2. The lowest BCUT2D eigenvalue weighted by Crippen LogP contribution is -2.41. The molecule has 6 aromatic rings. The Labute approximate surface area is 839 Å². The number of hydrogen-bond acceptors (Lipinski definition) is 27. The lowest BCUT2D eigenvalue weighted by Gasteiger charge is -2.37. The Morgan fingerprint density at radius 1 is 0.270 bits per heavy atom. The number of carbonyl (C=O) groups is 9. The van der Waals surface area contributed by atoms with Crippen molar-refractivity contribution in [2.45, 2.75) is 218 Å². The molecular formula is C108H162N3O27P3. The third kappa shape index (κ3) is 44.5. The molecule has 0 amide bonds. The van der Waals surface area contributed by atoms with Gasteiger partial charge in [0, 0.05) is 33.4 Å². The Kier molecular flexibility index (Phi) is 51.7. The Morgan fingerprint density at radius 3 is 0.645 bits per heavy atom. The highest BCUT2D eigenvalue weighted by Crippen LogP contribution is 2.49. The maximum Gasteiger partial charge on any atom is 0.311 e. The SMILES string of the molecule is CCCCOC(=O)C(C)(CC(C)c1ccc(C(=O)c2ccccc2)cc1)CC(C)(CC)C(=O)OCCOP(=O)([O-])OCC[N+](C)(C)C.CCCCOC(=O)C(C)(CC(C)c1ccc(C(=O)c2ccccc2)cc1)CC(C)(CC)C(=O)OCCOP(=O)([O-])OCC[N+](C)(C)C.CCCCOC(=O)C(C)(CC(C)c1ccc(C(=O)c2ccccc2)cc1)CC(C)(CC)C(=O)OCCOP(=O)([O-])OCC[N+](C)(C)C. The summed E-state index contributed by atoms with van der Waals surface area (Å²) in [5.74, 6) is -3.34. The predicted octanol–water partition coefficient (Wildman–Crippen LogP) is 19.0. The van der Waals surface area contributed by atoms with Gasteiger partial charge in [0.25, 0.3) is 23.5 Å². The molecule has 30 nitrogen and oxygen atoms in total. The standard InChI is InChI=1S/3C36H54NO9P/c3*1-9-11-22-43-34(40)36(5,26-28(3)29-17-19-31(20-18-29)32(38)30-15-13-12-14-16-30)27-35(4,10-2)33(39)44-24-25-46-47(41,42)45-23-21-37(6,7)8/h3*12-20,28H,9-11,21-27H2,1-8H3. The molecule has 0 bridgehead atoms. The average molecular weight is 2030 g/mol. The minimum Gasteiger partial charge on any atom is -0.756 e. The minimum absolute atomic E-state index is 0.0285. The molecule has 0 heterocycles. The van der Waals surface area contributed by atoms with Crippen LogP contribution >= 0.6 is 23.5 Å². The van der Waals surface area contributed by atoms with Gasteiger partial charge in [-0.05, 0) is 153 Å².